The smallest absolute Gasteiger partial charge is 0.270 e. The van der Waals surface area contributed by atoms with Crippen LogP contribution in [0.3, 0.4) is 0 Å². The van der Waals surface area contributed by atoms with Crippen LogP contribution in [0.25, 0.3) is 10.9 Å². The highest BCUT2D eigenvalue weighted by atomic mass is 16.5. The molecule has 2 aromatic carbocycles. The first kappa shape index (κ1) is 21.0. The van der Waals surface area contributed by atoms with Gasteiger partial charge in [0.05, 0.1) is 18.3 Å². The Balaban J connectivity index is 1.72. The molecule has 2 heterocycles. The summed E-state index contributed by atoms with van der Waals surface area (Å²) in [7, 11) is 1.62. The third kappa shape index (κ3) is 3.90. The summed E-state index contributed by atoms with van der Waals surface area (Å²) in [6.45, 7) is 5.89. The molecule has 0 radical (unpaired) electrons. The molecule has 1 aliphatic rings. The number of hydrogen-bond donors (Lipinski definition) is 1. The first-order valence-corrected chi connectivity index (χ1v) is 10.9. The number of ether oxygens (including phenoxy) is 1. The SMILES string of the molecule is CCn1c(C(=O)NCCc2ccccc2C)c(N2CCCC2=O)c2cc(OC)ccc21. The normalized spacial score (nSPS) is 13.8. The van der Waals surface area contributed by atoms with Gasteiger partial charge in [0.2, 0.25) is 5.91 Å². The molecule has 6 heteroatoms. The standard InChI is InChI=1S/C25H29N3O3/c1-4-27-21-12-11-19(31-3)16-20(21)23(28-15-7-10-22(28)29)24(27)25(30)26-14-13-18-9-6-5-8-17(18)2/h5-6,8-9,11-12,16H,4,7,10,13-15H2,1-3H3,(H,26,30). The van der Waals surface area contributed by atoms with Crippen molar-refractivity contribution in [1.29, 1.82) is 0 Å². The van der Waals surface area contributed by atoms with Crippen molar-refractivity contribution in [3.05, 3.63) is 59.3 Å². The molecule has 0 atom stereocenters. The van der Waals surface area contributed by atoms with E-state index < -0.39 is 0 Å². The first-order valence-electron chi connectivity index (χ1n) is 10.9. The molecule has 0 saturated carbocycles. The second-order valence-electron chi connectivity index (χ2n) is 7.91. The first-order chi connectivity index (χ1) is 15.0. The van der Waals surface area contributed by atoms with Gasteiger partial charge in [0.1, 0.15) is 11.4 Å². The molecule has 6 nitrogen and oxygen atoms in total. The maximum absolute atomic E-state index is 13.4. The fraction of sp³-hybridized carbons (Fsp3) is 0.360. The van der Waals surface area contributed by atoms with Crippen LogP contribution in [0.2, 0.25) is 0 Å². The minimum absolute atomic E-state index is 0.0620. The molecular formula is C25H29N3O3. The molecule has 0 aliphatic carbocycles. The third-order valence-electron chi connectivity index (χ3n) is 6.06. The summed E-state index contributed by atoms with van der Waals surface area (Å²) < 4.78 is 7.42. The van der Waals surface area contributed by atoms with Crippen molar-refractivity contribution in [3.63, 3.8) is 0 Å². The Bertz CT molecular complexity index is 1130. The number of methoxy groups -OCH3 is 1. The van der Waals surface area contributed by atoms with Crippen LogP contribution in [0, 0.1) is 6.92 Å². The summed E-state index contributed by atoms with van der Waals surface area (Å²) in [5.41, 5.74) is 4.62. The van der Waals surface area contributed by atoms with Crippen LogP contribution in [0.1, 0.15) is 41.4 Å². The van der Waals surface area contributed by atoms with E-state index in [0.29, 0.717) is 43.2 Å². The van der Waals surface area contributed by atoms with Gasteiger partial charge in [-0.05, 0) is 56.0 Å². The molecule has 162 valence electrons. The van der Waals surface area contributed by atoms with Crippen LogP contribution in [0.4, 0.5) is 5.69 Å². The highest BCUT2D eigenvalue weighted by molar-refractivity contribution is 6.14. The zero-order chi connectivity index (χ0) is 22.0. The second kappa shape index (κ2) is 8.84. The number of carbonyl (C=O) groups is 2. The molecule has 1 aromatic heterocycles. The number of aromatic nitrogens is 1. The molecule has 1 N–H and O–H groups in total. The summed E-state index contributed by atoms with van der Waals surface area (Å²) in [5.74, 6) is 0.618. The second-order valence-corrected chi connectivity index (χ2v) is 7.91. The fourth-order valence-corrected chi connectivity index (χ4v) is 4.44. The molecular weight excluding hydrogens is 390 g/mol. The average molecular weight is 420 g/mol. The Morgan fingerprint density at radius 2 is 2.00 bits per heavy atom. The van der Waals surface area contributed by atoms with Gasteiger partial charge in [0.25, 0.3) is 5.91 Å². The van der Waals surface area contributed by atoms with E-state index in [1.165, 1.54) is 11.1 Å². The van der Waals surface area contributed by atoms with Crippen LogP contribution in [-0.4, -0.2) is 36.6 Å². The highest BCUT2D eigenvalue weighted by Crippen LogP contribution is 2.38. The van der Waals surface area contributed by atoms with Crippen LogP contribution >= 0.6 is 0 Å². The van der Waals surface area contributed by atoms with Gasteiger partial charge in [-0.2, -0.15) is 0 Å². The van der Waals surface area contributed by atoms with Gasteiger partial charge in [0.15, 0.2) is 0 Å². The van der Waals surface area contributed by atoms with Crippen LogP contribution in [0.15, 0.2) is 42.5 Å². The number of rotatable bonds is 7. The van der Waals surface area contributed by atoms with Crippen LogP contribution in [0.5, 0.6) is 5.75 Å². The number of hydrogen-bond acceptors (Lipinski definition) is 3. The Morgan fingerprint density at radius 1 is 1.19 bits per heavy atom. The van der Waals surface area contributed by atoms with Gasteiger partial charge in [-0.15, -0.1) is 0 Å². The van der Waals surface area contributed by atoms with Crippen molar-refractivity contribution >= 4 is 28.4 Å². The predicted octanol–water partition coefficient (Wildman–Crippen LogP) is 4.08. The highest BCUT2D eigenvalue weighted by Gasteiger charge is 2.31. The van der Waals surface area contributed by atoms with Gasteiger partial charge in [-0.1, -0.05) is 24.3 Å². The number of aryl methyl sites for hydroxylation is 2. The predicted molar refractivity (Wildman–Crippen MR) is 123 cm³/mol. The Morgan fingerprint density at radius 3 is 2.68 bits per heavy atom. The van der Waals surface area contributed by atoms with Crippen molar-refractivity contribution in [2.24, 2.45) is 0 Å². The van der Waals surface area contributed by atoms with E-state index in [2.05, 4.69) is 24.4 Å². The number of fused-ring (bicyclic) bond motifs is 1. The van der Waals surface area contributed by atoms with E-state index >= 15 is 0 Å². The van der Waals surface area contributed by atoms with Crippen molar-refractivity contribution in [2.75, 3.05) is 25.1 Å². The molecule has 0 bridgehead atoms. The number of anilines is 1. The molecule has 1 saturated heterocycles. The Labute approximate surface area is 182 Å². The van der Waals surface area contributed by atoms with Crippen molar-refractivity contribution in [1.82, 2.24) is 9.88 Å². The van der Waals surface area contributed by atoms with Gasteiger partial charge in [0, 0.05) is 31.4 Å². The van der Waals surface area contributed by atoms with E-state index in [0.717, 1.165) is 23.7 Å². The zero-order valence-corrected chi connectivity index (χ0v) is 18.4. The summed E-state index contributed by atoms with van der Waals surface area (Å²) >= 11 is 0. The van der Waals surface area contributed by atoms with E-state index in [9.17, 15) is 9.59 Å². The quantitative estimate of drug-likeness (QED) is 0.628. The summed E-state index contributed by atoms with van der Waals surface area (Å²) in [4.78, 5) is 27.8. The lowest BCUT2D eigenvalue weighted by Crippen LogP contribution is -2.32. The van der Waals surface area contributed by atoms with E-state index in [1.807, 2.05) is 41.8 Å². The maximum Gasteiger partial charge on any atom is 0.270 e. The minimum Gasteiger partial charge on any atom is -0.497 e. The Kier molecular flexibility index (Phi) is 5.98. The van der Waals surface area contributed by atoms with E-state index in [4.69, 9.17) is 4.74 Å². The molecule has 1 fully saturated rings. The molecule has 1 aliphatic heterocycles. The molecule has 0 unspecified atom stereocenters. The average Bonchev–Trinajstić information content (AvgIpc) is 3.34. The number of nitrogens with zero attached hydrogens (tertiary/aromatic N) is 2. The van der Waals surface area contributed by atoms with E-state index in [1.54, 1.807) is 12.0 Å². The lowest BCUT2D eigenvalue weighted by Gasteiger charge is -2.18. The van der Waals surface area contributed by atoms with Gasteiger partial charge >= 0.3 is 0 Å². The monoisotopic (exact) mass is 419 g/mol. The summed E-state index contributed by atoms with van der Waals surface area (Å²) in [5, 5.41) is 3.96. The number of carbonyl (C=O) groups excluding carboxylic acids is 2. The minimum atomic E-state index is -0.152. The van der Waals surface area contributed by atoms with Crippen molar-refractivity contribution in [2.45, 2.75) is 39.7 Å². The lowest BCUT2D eigenvalue weighted by atomic mass is 10.1. The zero-order valence-electron chi connectivity index (χ0n) is 18.4. The molecule has 4 rings (SSSR count). The maximum atomic E-state index is 13.4. The van der Waals surface area contributed by atoms with Crippen LogP contribution < -0.4 is 15.0 Å². The third-order valence-corrected chi connectivity index (χ3v) is 6.06. The van der Waals surface area contributed by atoms with E-state index in [-0.39, 0.29) is 11.8 Å². The van der Waals surface area contributed by atoms with Gasteiger partial charge in [-0.3, -0.25) is 9.59 Å². The van der Waals surface area contributed by atoms with Gasteiger partial charge in [-0.25, -0.2) is 0 Å². The molecule has 3 aromatic rings. The largest absolute Gasteiger partial charge is 0.497 e. The number of amides is 2. The summed E-state index contributed by atoms with van der Waals surface area (Å²) in [6, 6.07) is 14.0. The van der Waals surface area contributed by atoms with Crippen molar-refractivity contribution in [3.8, 4) is 5.75 Å². The molecule has 2 amide bonds. The molecule has 0 spiro atoms. The summed E-state index contributed by atoms with van der Waals surface area (Å²) in [6.07, 6.45) is 2.07. The molecule has 31 heavy (non-hydrogen) atoms. The fourth-order valence-electron chi connectivity index (χ4n) is 4.44. The Hall–Kier alpha value is -3.28. The lowest BCUT2D eigenvalue weighted by molar-refractivity contribution is -0.117. The van der Waals surface area contributed by atoms with Crippen molar-refractivity contribution < 1.29 is 14.3 Å². The van der Waals surface area contributed by atoms with Gasteiger partial charge < -0.3 is 19.5 Å². The van der Waals surface area contributed by atoms with Crippen LogP contribution in [-0.2, 0) is 17.8 Å². The number of benzene rings is 2. The topological polar surface area (TPSA) is 63.6 Å². The number of nitrogens with one attached hydrogen (secondary N) is 1.